The third kappa shape index (κ3) is 5.11. The quantitative estimate of drug-likeness (QED) is 0.739. The predicted octanol–water partition coefficient (Wildman–Crippen LogP) is 3.62. The fourth-order valence-electron chi connectivity index (χ4n) is 1.74. The second-order valence-electron chi connectivity index (χ2n) is 4.78. The van der Waals surface area contributed by atoms with Gasteiger partial charge in [-0.3, -0.25) is 0 Å². The Kier molecular flexibility index (Phi) is 7.34. The molecule has 0 spiro atoms. The molecule has 0 aromatic heterocycles. The van der Waals surface area contributed by atoms with Crippen molar-refractivity contribution in [1.82, 2.24) is 5.32 Å². The van der Waals surface area contributed by atoms with Crippen LogP contribution >= 0.6 is 0 Å². The fraction of sp³-hybridized carbons (Fsp3) is 0.625. The molecule has 0 saturated heterocycles. The smallest absolute Gasteiger partial charge is 0.165 e. The third-order valence-electron chi connectivity index (χ3n) is 3.13. The van der Waals surface area contributed by atoms with Crippen LogP contribution in [0, 0.1) is 5.92 Å². The van der Waals surface area contributed by atoms with Crippen molar-refractivity contribution >= 4 is 0 Å². The van der Waals surface area contributed by atoms with Gasteiger partial charge >= 0.3 is 0 Å². The van der Waals surface area contributed by atoms with Crippen molar-refractivity contribution in [2.45, 2.75) is 40.7 Å². The molecule has 0 amide bonds. The lowest BCUT2D eigenvalue weighted by Crippen LogP contribution is -2.15. The highest BCUT2D eigenvalue weighted by molar-refractivity contribution is 5.46. The largest absolute Gasteiger partial charge is 0.490 e. The molecule has 0 aliphatic heterocycles. The fourth-order valence-corrected chi connectivity index (χ4v) is 1.74. The first-order valence-corrected chi connectivity index (χ1v) is 7.31. The molecule has 1 aromatic carbocycles. The van der Waals surface area contributed by atoms with Gasteiger partial charge in [0.15, 0.2) is 11.5 Å². The van der Waals surface area contributed by atoms with E-state index in [2.05, 4.69) is 32.2 Å². The van der Waals surface area contributed by atoms with E-state index in [1.807, 2.05) is 19.1 Å². The second kappa shape index (κ2) is 8.81. The van der Waals surface area contributed by atoms with Crippen LogP contribution in [0.5, 0.6) is 11.5 Å². The van der Waals surface area contributed by atoms with E-state index in [4.69, 9.17) is 9.47 Å². The molecule has 1 atom stereocenters. The van der Waals surface area contributed by atoms with Gasteiger partial charge in [0, 0.05) is 12.1 Å². The minimum absolute atomic E-state index is 0.557. The Morgan fingerprint density at radius 2 is 1.95 bits per heavy atom. The summed E-state index contributed by atoms with van der Waals surface area (Å²) in [7, 11) is 0. The minimum atomic E-state index is 0.557. The Hall–Kier alpha value is -1.22. The highest BCUT2D eigenvalue weighted by Gasteiger charge is 2.12. The van der Waals surface area contributed by atoms with Crippen molar-refractivity contribution in [2.24, 2.45) is 5.92 Å². The highest BCUT2D eigenvalue weighted by Crippen LogP contribution is 2.32. The molecule has 0 bridgehead atoms. The van der Waals surface area contributed by atoms with Crippen LogP contribution in [-0.4, -0.2) is 19.8 Å². The van der Waals surface area contributed by atoms with Gasteiger partial charge in [0.2, 0.25) is 0 Å². The summed E-state index contributed by atoms with van der Waals surface area (Å²) in [5, 5.41) is 3.34. The van der Waals surface area contributed by atoms with Crippen molar-refractivity contribution in [2.75, 3.05) is 19.8 Å². The first-order valence-electron chi connectivity index (χ1n) is 7.31. The molecule has 3 heteroatoms. The molecule has 108 valence electrons. The predicted molar refractivity (Wildman–Crippen MR) is 79.9 cm³/mol. The molecule has 19 heavy (non-hydrogen) atoms. The maximum atomic E-state index is 6.01. The summed E-state index contributed by atoms with van der Waals surface area (Å²) in [6.45, 7) is 11.6. The summed E-state index contributed by atoms with van der Waals surface area (Å²) in [6.07, 6.45) is 1.12. The first kappa shape index (κ1) is 15.8. The maximum Gasteiger partial charge on any atom is 0.165 e. The average Bonchev–Trinajstić information content (AvgIpc) is 2.43. The molecule has 0 saturated carbocycles. The monoisotopic (exact) mass is 265 g/mol. The number of hydrogen-bond acceptors (Lipinski definition) is 3. The number of para-hydroxylation sites is 1. The van der Waals surface area contributed by atoms with Crippen molar-refractivity contribution < 1.29 is 9.47 Å². The van der Waals surface area contributed by atoms with Gasteiger partial charge < -0.3 is 14.8 Å². The highest BCUT2D eigenvalue weighted by atomic mass is 16.5. The van der Waals surface area contributed by atoms with Crippen LogP contribution < -0.4 is 14.8 Å². The average molecular weight is 265 g/mol. The molecule has 0 fully saturated rings. The van der Waals surface area contributed by atoms with Crippen LogP contribution in [0.2, 0.25) is 0 Å². The van der Waals surface area contributed by atoms with Crippen LogP contribution in [0.25, 0.3) is 0 Å². The molecule has 1 unspecified atom stereocenters. The lowest BCUT2D eigenvalue weighted by molar-refractivity contribution is 0.235. The molecule has 3 nitrogen and oxygen atoms in total. The molecule has 0 aliphatic rings. The van der Waals surface area contributed by atoms with Crippen molar-refractivity contribution in [3.8, 4) is 11.5 Å². The summed E-state index contributed by atoms with van der Waals surface area (Å²) in [4.78, 5) is 0. The standard InChI is InChI=1S/C16H27NO2/c1-5-13(4)12-19-16-14(11-17-6-2)9-8-10-15(16)18-7-3/h8-10,13,17H,5-7,11-12H2,1-4H3. The summed E-state index contributed by atoms with van der Waals surface area (Å²) in [5.41, 5.74) is 1.16. The van der Waals surface area contributed by atoms with E-state index in [1.165, 1.54) is 0 Å². The Morgan fingerprint density at radius 1 is 1.16 bits per heavy atom. The summed E-state index contributed by atoms with van der Waals surface area (Å²) < 4.78 is 11.7. The summed E-state index contributed by atoms with van der Waals surface area (Å²) in [6, 6.07) is 6.09. The molecule has 0 radical (unpaired) electrons. The van der Waals surface area contributed by atoms with Crippen LogP contribution in [0.4, 0.5) is 0 Å². The minimum Gasteiger partial charge on any atom is -0.490 e. The van der Waals surface area contributed by atoms with Gasteiger partial charge in [-0.25, -0.2) is 0 Å². The Balaban J connectivity index is 2.85. The number of rotatable bonds is 9. The van der Waals surface area contributed by atoms with Gasteiger partial charge in [-0.2, -0.15) is 0 Å². The van der Waals surface area contributed by atoms with Crippen LogP contribution in [-0.2, 0) is 6.54 Å². The molecule has 1 aromatic rings. The summed E-state index contributed by atoms with van der Waals surface area (Å²) in [5.74, 6) is 2.30. The molecule has 0 aliphatic carbocycles. The zero-order valence-corrected chi connectivity index (χ0v) is 12.7. The molecule has 1 rings (SSSR count). The number of benzene rings is 1. The topological polar surface area (TPSA) is 30.5 Å². The molecular formula is C16H27NO2. The van der Waals surface area contributed by atoms with Crippen LogP contribution in [0.1, 0.15) is 39.7 Å². The van der Waals surface area contributed by atoms with E-state index in [0.717, 1.165) is 43.2 Å². The summed E-state index contributed by atoms with van der Waals surface area (Å²) >= 11 is 0. The van der Waals surface area contributed by atoms with Gasteiger partial charge in [0.25, 0.3) is 0 Å². The lowest BCUT2D eigenvalue weighted by Gasteiger charge is -2.18. The van der Waals surface area contributed by atoms with Gasteiger partial charge in [-0.1, -0.05) is 39.3 Å². The van der Waals surface area contributed by atoms with Gasteiger partial charge in [0.05, 0.1) is 13.2 Å². The van der Waals surface area contributed by atoms with Crippen LogP contribution in [0.15, 0.2) is 18.2 Å². The zero-order chi connectivity index (χ0) is 14.1. The van der Waals surface area contributed by atoms with Crippen molar-refractivity contribution in [1.29, 1.82) is 0 Å². The normalized spacial score (nSPS) is 12.2. The van der Waals surface area contributed by atoms with E-state index in [1.54, 1.807) is 0 Å². The van der Waals surface area contributed by atoms with Gasteiger partial charge in [0.1, 0.15) is 0 Å². The lowest BCUT2D eigenvalue weighted by atomic mass is 10.1. The van der Waals surface area contributed by atoms with E-state index in [9.17, 15) is 0 Å². The molecule has 1 N–H and O–H groups in total. The van der Waals surface area contributed by atoms with E-state index >= 15 is 0 Å². The van der Waals surface area contributed by atoms with E-state index in [-0.39, 0.29) is 0 Å². The van der Waals surface area contributed by atoms with Crippen molar-refractivity contribution in [3.05, 3.63) is 23.8 Å². The maximum absolute atomic E-state index is 6.01. The Labute approximate surface area is 117 Å². The van der Waals surface area contributed by atoms with E-state index in [0.29, 0.717) is 12.5 Å². The zero-order valence-electron chi connectivity index (χ0n) is 12.7. The molecular weight excluding hydrogens is 238 g/mol. The van der Waals surface area contributed by atoms with E-state index < -0.39 is 0 Å². The third-order valence-corrected chi connectivity index (χ3v) is 3.13. The van der Waals surface area contributed by atoms with Gasteiger partial charge in [-0.15, -0.1) is 0 Å². The van der Waals surface area contributed by atoms with Crippen LogP contribution in [0.3, 0.4) is 0 Å². The van der Waals surface area contributed by atoms with Gasteiger partial charge in [-0.05, 0) is 25.5 Å². The first-order chi connectivity index (χ1) is 9.22. The van der Waals surface area contributed by atoms with Crippen molar-refractivity contribution in [3.63, 3.8) is 0 Å². The second-order valence-corrected chi connectivity index (χ2v) is 4.78. The SMILES string of the molecule is CCNCc1cccc(OCC)c1OCC(C)CC. The molecule has 0 heterocycles. The number of ether oxygens (including phenoxy) is 2. The Bertz CT molecular complexity index is 366. The number of nitrogens with one attached hydrogen (secondary N) is 1. The Morgan fingerprint density at radius 3 is 2.58 bits per heavy atom. The number of hydrogen-bond donors (Lipinski definition) is 1.